The van der Waals surface area contributed by atoms with E-state index in [4.69, 9.17) is 4.43 Å². The summed E-state index contributed by atoms with van der Waals surface area (Å²) in [6.07, 6.45) is 4.78. The minimum atomic E-state index is -1.60. The van der Waals surface area contributed by atoms with Gasteiger partial charge in [-0.25, -0.2) is 0 Å². The second-order valence-electron chi connectivity index (χ2n) is 5.67. The third-order valence-corrected chi connectivity index (χ3v) is 5.45. The summed E-state index contributed by atoms with van der Waals surface area (Å²) in [7, 11) is -1.60. The molecule has 0 spiro atoms. The Bertz CT molecular complexity index is 368. The first kappa shape index (κ1) is 15.2. The summed E-state index contributed by atoms with van der Waals surface area (Å²) in [5.41, 5.74) is 1.39. The van der Waals surface area contributed by atoms with Gasteiger partial charge in [0, 0.05) is 12.0 Å². The summed E-state index contributed by atoms with van der Waals surface area (Å²) in [4.78, 5) is 0. The van der Waals surface area contributed by atoms with E-state index < -0.39 is 8.32 Å². The highest BCUT2D eigenvalue weighted by Crippen LogP contribution is 2.29. The lowest BCUT2D eigenvalue weighted by Gasteiger charge is -2.29. The van der Waals surface area contributed by atoms with Crippen LogP contribution in [0.3, 0.4) is 0 Å². The molecule has 0 bridgehead atoms. The molecule has 0 N–H and O–H groups in total. The molecule has 1 aromatic carbocycles. The summed E-state index contributed by atoms with van der Waals surface area (Å²) < 4.78 is 6.14. The summed E-state index contributed by atoms with van der Waals surface area (Å²) in [6.45, 7) is 11.0. The van der Waals surface area contributed by atoms with Crippen LogP contribution >= 0.6 is 0 Å². The van der Waals surface area contributed by atoms with Crippen LogP contribution in [-0.2, 0) is 4.43 Å². The van der Waals surface area contributed by atoms with Gasteiger partial charge in [-0.2, -0.15) is 0 Å². The number of rotatable bonds is 6. The highest BCUT2D eigenvalue weighted by molar-refractivity contribution is 6.71. The minimum Gasteiger partial charge on any atom is -0.415 e. The predicted molar refractivity (Wildman–Crippen MR) is 82.5 cm³/mol. The topological polar surface area (TPSA) is 9.23 Å². The van der Waals surface area contributed by atoms with E-state index in [9.17, 15) is 0 Å². The SMILES string of the molecule is C/C=C/C(C[Si](C)(C)OC(C)C)c1ccccc1. The van der Waals surface area contributed by atoms with Crippen molar-refractivity contribution in [3.8, 4) is 0 Å². The minimum absolute atomic E-state index is 0.327. The van der Waals surface area contributed by atoms with E-state index in [1.807, 2.05) is 0 Å². The normalized spacial score (nSPS) is 14.3. The number of hydrogen-bond donors (Lipinski definition) is 0. The van der Waals surface area contributed by atoms with E-state index in [2.05, 4.69) is 76.3 Å². The monoisotopic (exact) mass is 262 g/mol. The first-order chi connectivity index (χ1) is 8.44. The zero-order chi connectivity index (χ0) is 13.6. The highest BCUT2D eigenvalue weighted by atomic mass is 28.4. The molecule has 2 heteroatoms. The molecular weight excluding hydrogens is 236 g/mol. The van der Waals surface area contributed by atoms with Crippen molar-refractivity contribution in [1.82, 2.24) is 0 Å². The van der Waals surface area contributed by atoms with Gasteiger partial charge < -0.3 is 4.43 Å². The van der Waals surface area contributed by atoms with Gasteiger partial charge in [0.15, 0.2) is 8.32 Å². The van der Waals surface area contributed by atoms with Gasteiger partial charge in [0.05, 0.1) is 0 Å². The van der Waals surface area contributed by atoms with Gasteiger partial charge in [0.2, 0.25) is 0 Å². The molecule has 18 heavy (non-hydrogen) atoms. The van der Waals surface area contributed by atoms with Gasteiger partial charge in [0.25, 0.3) is 0 Å². The average Bonchev–Trinajstić information content (AvgIpc) is 2.27. The lowest BCUT2D eigenvalue weighted by Crippen LogP contribution is -2.34. The first-order valence-electron chi connectivity index (χ1n) is 6.80. The number of allylic oxidation sites excluding steroid dienone is 2. The Labute approximate surface area is 113 Å². The van der Waals surface area contributed by atoms with Crippen molar-refractivity contribution < 1.29 is 4.43 Å². The molecule has 100 valence electrons. The van der Waals surface area contributed by atoms with Crippen LogP contribution in [0.15, 0.2) is 42.5 Å². The van der Waals surface area contributed by atoms with E-state index in [0.717, 1.165) is 6.04 Å². The fourth-order valence-electron chi connectivity index (χ4n) is 2.45. The van der Waals surface area contributed by atoms with E-state index in [-0.39, 0.29) is 0 Å². The van der Waals surface area contributed by atoms with Gasteiger partial charge in [0.1, 0.15) is 0 Å². The smallest absolute Gasteiger partial charge is 0.188 e. The second kappa shape index (κ2) is 6.91. The number of hydrogen-bond acceptors (Lipinski definition) is 1. The molecule has 0 saturated heterocycles. The Morgan fingerprint density at radius 1 is 1.17 bits per heavy atom. The third-order valence-electron chi connectivity index (χ3n) is 2.92. The molecule has 0 fully saturated rings. The Morgan fingerprint density at radius 2 is 1.78 bits per heavy atom. The van der Waals surface area contributed by atoms with E-state index in [1.165, 1.54) is 5.56 Å². The predicted octanol–water partition coefficient (Wildman–Crippen LogP) is 4.98. The first-order valence-corrected chi connectivity index (χ1v) is 9.92. The Balaban J connectivity index is 2.81. The van der Waals surface area contributed by atoms with E-state index in [0.29, 0.717) is 12.0 Å². The Hall–Kier alpha value is -0.863. The maximum atomic E-state index is 6.14. The zero-order valence-corrected chi connectivity index (χ0v) is 13.3. The molecule has 1 atom stereocenters. The van der Waals surface area contributed by atoms with Crippen LogP contribution in [0, 0.1) is 0 Å². The molecule has 1 rings (SSSR count). The van der Waals surface area contributed by atoms with Crippen LogP contribution in [0.1, 0.15) is 32.3 Å². The standard InChI is InChI=1S/C16H26OSi/c1-6-10-16(15-11-8-7-9-12-15)13-18(4,5)17-14(2)3/h6-12,14,16H,13H2,1-5H3/b10-6+. The molecule has 0 saturated carbocycles. The van der Waals surface area contributed by atoms with Crippen molar-refractivity contribution in [2.75, 3.05) is 0 Å². The highest BCUT2D eigenvalue weighted by Gasteiger charge is 2.27. The van der Waals surface area contributed by atoms with Gasteiger partial charge >= 0.3 is 0 Å². The van der Waals surface area contributed by atoms with Crippen molar-refractivity contribution >= 4 is 8.32 Å². The van der Waals surface area contributed by atoms with Crippen LogP contribution in [0.5, 0.6) is 0 Å². The fourth-order valence-corrected chi connectivity index (χ4v) is 5.25. The number of benzene rings is 1. The van der Waals surface area contributed by atoms with Crippen LogP contribution in [0.4, 0.5) is 0 Å². The van der Waals surface area contributed by atoms with E-state index >= 15 is 0 Å². The molecule has 0 aromatic heterocycles. The summed E-state index contributed by atoms with van der Waals surface area (Å²) in [6, 6.07) is 11.9. The third kappa shape index (κ3) is 5.19. The second-order valence-corrected chi connectivity index (χ2v) is 9.84. The Kier molecular flexibility index (Phi) is 5.83. The van der Waals surface area contributed by atoms with Gasteiger partial charge in [-0.05, 0) is 45.5 Å². The molecule has 0 aliphatic rings. The van der Waals surface area contributed by atoms with Crippen molar-refractivity contribution in [3.63, 3.8) is 0 Å². The fraction of sp³-hybridized carbons (Fsp3) is 0.500. The molecule has 0 aliphatic carbocycles. The van der Waals surface area contributed by atoms with Gasteiger partial charge in [-0.3, -0.25) is 0 Å². The molecule has 1 nitrogen and oxygen atoms in total. The van der Waals surface area contributed by atoms with Crippen molar-refractivity contribution in [2.45, 2.75) is 51.9 Å². The maximum absolute atomic E-state index is 6.14. The zero-order valence-electron chi connectivity index (χ0n) is 12.3. The maximum Gasteiger partial charge on any atom is 0.188 e. The molecular formula is C16H26OSi. The molecule has 0 aliphatic heterocycles. The largest absolute Gasteiger partial charge is 0.415 e. The van der Waals surface area contributed by atoms with Crippen LogP contribution < -0.4 is 0 Å². The molecule has 0 heterocycles. The van der Waals surface area contributed by atoms with Crippen molar-refractivity contribution in [1.29, 1.82) is 0 Å². The van der Waals surface area contributed by atoms with Crippen LogP contribution in [-0.4, -0.2) is 14.4 Å². The summed E-state index contributed by atoms with van der Waals surface area (Å²) >= 11 is 0. The lowest BCUT2D eigenvalue weighted by atomic mass is 10.0. The summed E-state index contributed by atoms with van der Waals surface area (Å²) in [5.74, 6) is 0.483. The molecule has 0 amide bonds. The van der Waals surface area contributed by atoms with E-state index in [1.54, 1.807) is 0 Å². The molecule has 1 aromatic rings. The average molecular weight is 262 g/mol. The quantitative estimate of drug-likeness (QED) is 0.519. The van der Waals surface area contributed by atoms with Crippen LogP contribution in [0.25, 0.3) is 0 Å². The van der Waals surface area contributed by atoms with Crippen LogP contribution in [0.2, 0.25) is 19.1 Å². The summed E-state index contributed by atoms with van der Waals surface area (Å²) in [5, 5.41) is 0. The molecule has 0 radical (unpaired) electrons. The Morgan fingerprint density at radius 3 is 2.28 bits per heavy atom. The van der Waals surface area contributed by atoms with Gasteiger partial charge in [-0.15, -0.1) is 0 Å². The lowest BCUT2D eigenvalue weighted by molar-refractivity contribution is 0.230. The molecule has 1 unspecified atom stereocenters. The van der Waals surface area contributed by atoms with Gasteiger partial charge in [-0.1, -0.05) is 42.5 Å². The van der Waals surface area contributed by atoms with Crippen molar-refractivity contribution in [2.24, 2.45) is 0 Å². The van der Waals surface area contributed by atoms with Crippen molar-refractivity contribution in [3.05, 3.63) is 48.0 Å².